The number of para-hydroxylation sites is 1. The Kier molecular flexibility index (Phi) is 6.44. The van der Waals surface area contributed by atoms with Crippen molar-refractivity contribution < 1.29 is 8.83 Å². The molecule has 2 aromatic carbocycles. The fraction of sp³-hybridized carbons (Fsp3) is 0.310. The SMILES string of the molecule is CSc1c(-c2ccco2)cc2c(c1-c1ccco1)N(CCC1CCCCN1C)c1ccccc1S2. The summed E-state index contributed by atoms with van der Waals surface area (Å²) in [5.74, 6) is 1.79. The van der Waals surface area contributed by atoms with Gasteiger partial charge in [0.1, 0.15) is 11.5 Å². The summed E-state index contributed by atoms with van der Waals surface area (Å²) in [6.45, 7) is 2.18. The Balaban J connectivity index is 1.53. The highest BCUT2D eigenvalue weighted by Gasteiger charge is 2.32. The molecule has 35 heavy (non-hydrogen) atoms. The van der Waals surface area contributed by atoms with Crippen LogP contribution in [0.25, 0.3) is 22.6 Å². The summed E-state index contributed by atoms with van der Waals surface area (Å²) in [6, 6.07) is 19.8. The van der Waals surface area contributed by atoms with E-state index < -0.39 is 0 Å². The first-order chi connectivity index (χ1) is 17.2. The van der Waals surface area contributed by atoms with Crippen LogP contribution in [0.5, 0.6) is 0 Å². The quantitative estimate of drug-likeness (QED) is 0.246. The molecule has 0 bridgehead atoms. The molecular formula is C29H30N2O2S2. The highest BCUT2D eigenvalue weighted by atomic mass is 32.2. The maximum absolute atomic E-state index is 6.06. The zero-order valence-electron chi connectivity index (χ0n) is 20.2. The fourth-order valence-corrected chi connectivity index (χ4v) is 7.41. The van der Waals surface area contributed by atoms with E-state index in [4.69, 9.17) is 8.83 Å². The predicted molar refractivity (Wildman–Crippen MR) is 146 cm³/mol. The standard InChI is InChI=1S/C29H30N2O2S2/c1-30-15-6-5-9-20(30)14-16-31-22-10-3-4-13-25(22)35-26-19-21(23-11-7-17-32-23)29(34-2)27(28(26)31)24-12-8-18-33-24/h3-4,7-8,10-13,17-20H,5-6,9,14-16H2,1-2H3. The van der Waals surface area contributed by atoms with Crippen LogP contribution in [0.15, 0.2) is 90.6 Å². The molecule has 4 heterocycles. The number of hydrogen-bond donors (Lipinski definition) is 0. The second-order valence-corrected chi connectivity index (χ2v) is 11.2. The molecular weight excluding hydrogens is 472 g/mol. The van der Waals surface area contributed by atoms with Crippen LogP contribution in [0.1, 0.15) is 25.7 Å². The minimum absolute atomic E-state index is 0.628. The van der Waals surface area contributed by atoms with Gasteiger partial charge in [-0.3, -0.25) is 0 Å². The average Bonchev–Trinajstić information content (AvgIpc) is 3.61. The number of thioether (sulfide) groups is 1. The minimum Gasteiger partial charge on any atom is -0.464 e. The second kappa shape index (κ2) is 9.84. The van der Waals surface area contributed by atoms with Crippen molar-refractivity contribution in [3.8, 4) is 22.6 Å². The molecule has 1 unspecified atom stereocenters. The van der Waals surface area contributed by atoms with Crippen molar-refractivity contribution >= 4 is 34.9 Å². The molecule has 0 amide bonds. The number of piperidine rings is 1. The van der Waals surface area contributed by atoms with E-state index in [2.05, 4.69) is 59.5 Å². The van der Waals surface area contributed by atoms with Crippen LogP contribution in [0.2, 0.25) is 0 Å². The Labute approximate surface area is 215 Å². The summed E-state index contributed by atoms with van der Waals surface area (Å²) >= 11 is 3.60. The van der Waals surface area contributed by atoms with E-state index >= 15 is 0 Å². The van der Waals surface area contributed by atoms with Crippen molar-refractivity contribution in [1.82, 2.24) is 4.90 Å². The summed E-state index contributed by atoms with van der Waals surface area (Å²) in [4.78, 5) is 8.83. The molecule has 2 aromatic heterocycles. The van der Waals surface area contributed by atoms with Gasteiger partial charge in [0.25, 0.3) is 0 Å². The van der Waals surface area contributed by atoms with Gasteiger partial charge in [-0.1, -0.05) is 30.3 Å². The Bertz CT molecular complexity index is 1300. The molecule has 1 atom stereocenters. The van der Waals surface area contributed by atoms with Crippen LogP contribution >= 0.6 is 23.5 Å². The number of nitrogens with zero attached hydrogens (tertiary/aromatic N) is 2. The smallest absolute Gasteiger partial charge is 0.137 e. The van der Waals surface area contributed by atoms with Gasteiger partial charge in [-0.2, -0.15) is 0 Å². The summed E-state index contributed by atoms with van der Waals surface area (Å²) in [7, 11) is 2.29. The molecule has 6 rings (SSSR count). The fourth-order valence-electron chi connectivity index (χ4n) is 5.48. The molecule has 6 heteroatoms. The number of fused-ring (bicyclic) bond motifs is 2. The number of hydrogen-bond acceptors (Lipinski definition) is 6. The van der Waals surface area contributed by atoms with Gasteiger partial charge in [0, 0.05) is 32.8 Å². The largest absolute Gasteiger partial charge is 0.464 e. The third-order valence-corrected chi connectivity index (χ3v) is 9.16. The van der Waals surface area contributed by atoms with Gasteiger partial charge in [-0.05, 0) is 81.6 Å². The van der Waals surface area contributed by atoms with Crippen molar-refractivity contribution in [3.63, 3.8) is 0 Å². The van der Waals surface area contributed by atoms with Gasteiger partial charge >= 0.3 is 0 Å². The van der Waals surface area contributed by atoms with E-state index in [9.17, 15) is 0 Å². The van der Waals surface area contributed by atoms with Gasteiger partial charge in [-0.15, -0.1) is 11.8 Å². The van der Waals surface area contributed by atoms with Crippen LogP contribution in [-0.2, 0) is 0 Å². The van der Waals surface area contributed by atoms with Crippen molar-refractivity contribution in [2.75, 3.05) is 31.3 Å². The second-order valence-electron chi connectivity index (χ2n) is 9.27. The highest BCUT2D eigenvalue weighted by Crippen LogP contribution is 2.56. The Morgan fingerprint density at radius 1 is 0.971 bits per heavy atom. The number of likely N-dealkylation sites (tertiary alicyclic amines) is 1. The van der Waals surface area contributed by atoms with Crippen LogP contribution in [0.3, 0.4) is 0 Å². The lowest BCUT2D eigenvalue weighted by atomic mass is 9.98. The lowest BCUT2D eigenvalue weighted by molar-refractivity contribution is 0.178. The monoisotopic (exact) mass is 502 g/mol. The summed E-state index contributed by atoms with van der Waals surface area (Å²) in [6.07, 6.45) is 10.7. The molecule has 4 aromatic rings. The van der Waals surface area contributed by atoms with Crippen LogP contribution < -0.4 is 4.90 Å². The van der Waals surface area contributed by atoms with Gasteiger partial charge in [-0.25, -0.2) is 0 Å². The molecule has 180 valence electrons. The number of anilines is 2. The number of furan rings is 2. The summed E-state index contributed by atoms with van der Waals surface area (Å²) < 4.78 is 11.9. The van der Waals surface area contributed by atoms with Crippen molar-refractivity contribution in [2.24, 2.45) is 0 Å². The van der Waals surface area contributed by atoms with Gasteiger partial charge in [0.2, 0.25) is 0 Å². The molecule has 2 aliphatic rings. The van der Waals surface area contributed by atoms with Gasteiger partial charge in [0.15, 0.2) is 0 Å². The molecule has 0 saturated carbocycles. The Morgan fingerprint density at radius 3 is 2.51 bits per heavy atom. The van der Waals surface area contributed by atoms with Crippen molar-refractivity contribution in [3.05, 3.63) is 67.1 Å². The first-order valence-corrected chi connectivity index (χ1v) is 14.4. The van der Waals surface area contributed by atoms with E-state index in [1.165, 1.54) is 51.9 Å². The van der Waals surface area contributed by atoms with E-state index in [0.29, 0.717) is 6.04 Å². The van der Waals surface area contributed by atoms with Crippen molar-refractivity contribution in [1.29, 1.82) is 0 Å². The first kappa shape index (κ1) is 22.9. The average molecular weight is 503 g/mol. The number of rotatable bonds is 6. The van der Waals surface area contributed by atoms with E-state index in [1.807, 2.05) is 30.0 Å². The Hall–Kier alpha value is -2.54. The third kappa shape index (κ3) is 4.22. The molecule has 0 spiro atoms. The highest BCUT2D eigenvalue weighted by molar-refractivity contribution is 8.00. The molecule has 0 aliphatic carbocycles. The molecule has 1 saturated heterocycles. The van der Waals surface area contributed by atoms with Crippen LogP contribution in [-0.4, -0.2) is 37.3 Å². The van der Waals surface area contributed by atoms with Gasteiger partial charge < -0.3 is 18.6 Å². The normalized spacial score (nSPS) is 17.9. The Morgan fingerprint density at radius 2 is 1.77 bits per heavy atom. The molecule has 2 aliphatic heterocycles. The molecule has 0 radical (unpaired) electrons. The molecule has 0 N–H and O–H groups in total. The summed E-state index contributed by atoms with van der Waals surface area (Å²) in [5, 5.41) is 0. The van der Waals surface area contributed by atoms with Crippen molar-refractivity contribution in [2.45, 2.75) is 46.4 Å². The lowest BCUT2D eigenvalue weighted by Gasteiger charge is -2.38. The van der Waals surface area contributed by atoms with E-state index in [-0.39, 0.29) is 0 Å². The molecule has 1 fully saturated rings. The summed E-state index contributed by atoms with van der Waals surface area (Å²) in [5.41, 5.74) is 4.81. The number of benzene rings is 2. The third-order valence-electron chi connectivity index (χ3n) is 7.23. The maximum atomic E-state index is 6.06. The van der Waals surface area contributed by atoms with Gasteiger partial charge in [0.05, 0.1) is 29.5 Å². The zero-order valence-corrected chi connectivity index (χ0v) is 21.8. The van der Waals surface area contributed by atoms with E-state index in [0.717, 1.165) is 35.6 Å². The van der Waals surface area contributed by atoms with E-state index in [1.54, 1.807) is 24.3 Å². The maximum Gasteiger partial charge on any atom is 0.137 e. The lowest BCUT2D eigenvalue weighted by Crippen LogP contribution is -2.38. The molecule has 4 nitrogen and oxygen atoms in total. The zero-order chi connectivity index (χ0) is 23.8. The van der Waals surface area contributed by atoms with Crippen LogP contribution in [0, 0.1) is 0 Å². The first-order valence-electron chi connectivity index (χ1n) is 12.3. The topological polar surface area (TPSA) is 32.8 Å². The predicted octanol–water partition coefficient (Wildman–Crippen LogP) is 8.41. The minimum atomic E-state index is 0.628. The van der Waals surface area contributed by atoms with Crippen LogP contribution in [0.4, 0.5) is 11.4 Å².